The van der Waals surface area contributed by atoms with E-state index in [2.05, 4.69) is 30.9 Å². The Hall–Kier alpha value is -2.99. The van der Waals surface area contributed by atoms with Crippen molar-refractivity contribution < 1.29 is 28.3 Å². The Morgan fingerprint density at radius 1 is 1.26 bits per heavy atom. The molecule has 1 aliphatic rings. The van der Waals surface area contributed by atoms with Crippen LogP contribution < -0.4 is 15.0 Å². The smallest absolute Gasteiger partial charge is 0.462 e. The molecule has 12 nitrogen and oxygen atoms in total. The SMILES string of the molecule is COc1nc(N)nc2c1ncn2[C@H]1C=C[C@@H](COP(=O)(Oc2ccc(Br)cc2)N(C(C)C)[C@@H](C)C(=O)O)C1. The first-order valence-corrected chi connectivity index (χ1v) is 14.2. The number of rotatable bonds is 11. The second-order valence-electron chi connectivity index (χ2n) is 9.16. The van der Waals surface area contributed by atoms with Crippen LogP contribution in [0.15, 0.2) is 47.2 Å². The minimum atomic E-state index is -4.09. The fourth-order valence-electron chi connectivity index (χ4n) is 4.39. The van der Waals surface area contributed by atoms with Gasteiger partial charge in [0.05, 0.1) is 26.1 Å². The van der Waals surface area contributed by atoms with Crippen LogP contribution in [0, 0.1) is 5.92 Å². The second-order valence-corrected chi connectivity index (χ2v) is 11.9. The van der Waals surface area contributed by atoms with Gasteiger partial charge in [0.15, 0.2) is 11.2 Å². The van der Waals surface area contributed by atoms with Crippen molar-refractivity contribution in [1.82, 2.24) is 24.2 Å². The van der Waals surface area contributed by atoms with Gasteiger partial charge in [0, 0.05) is 16.4 Å². The summed E-state index contributed by atoms with van der Waals surface area (Å²) in [6.07, 6.45) is 6.20. The minimum Gasteiger partial charge on any atom is -0.480 e. The van der Waals surface area contributed by atoms with Gasteiger partial charge in [0.1, 0.15) is 11.8 Å². The molecule has 14 heteroatoms. The van der Waals surface area contributed by atoms with Gasteiger partial charge in [-0.15, -0.1) is 0 Å². The number of nitrogen functional groups attached to an aromatic ring is 1. The second kappa shape index (κ2) is 11.4. The van der Waals surface area contributed by atoms with E-state index in [-0.39, 0.29) is 24.5 Å². The molecular formula is C24H30BrN6O6P. The van der Waals surface area contributed by atoms with Gasteiger partial charge in [-0.2, -0.15) is 14.6 Å². The molecule has 4 rings (SSSR count). The predicted molar refractivity (Wildman–Crippen MR) is 145 cm³/mol. The third-order valence-electron chi connectivity index (χ3n) is 6.16. The van der Waals surface area contributed by atoms with Gasteiger partial charge in [-0.3, -0.25) is 9.32 Å². The highest BCUT2D eigenvalue weighted by atomic mass is 79.9. The lowest BCUT2D eigenvalue weighted by molar-refractivity contribution is -0.141. The maximum atomic E-state index is 14.2. The topological polar surface area (TPSA) is 155 Å². The third-order valence-corrected chi connectivity index (χ3v) is 8.98. The van der Waals surface area contributed by atoms with Crippen molar-refractivity contribution in [3.8, 4) is 11.6 Å². The molecule has 204 valence electrons. The van der Waals surface area contributed by atoms with Crippen molar-refractivity contribution in [2.75, 3.05) is 19.5 Å². The van der Waals surface area contributed by atoms with Crippen molar-refractivity contribution in [3.05, 3.63) is 47.2 Å². The van der Waals surface area contributed by atoms with Gasteiger partial charge in [0.2, 0.25) is 11.8 Å². The van der Waals surface area contributed by atoms with E-state index >= 15 is 0 Å². The summed E-state index contributed by atoms with van der Waals surface area (Å²) in [4.78, 5) is 24.6. The van der Waals surface area contributed by atoms with Crippen LogP contribution in [0.5, 0.6) is 11.6 Å². The van der Waals surface area contributed by atoms with E-state index in [1.165, 1.54) is 18.7 Å². The number of benzene rings is 1. The normalized spacial score (nSPS) is 19.7. The fraction of sp³-hybridized carbons (Fsp3) is 0.417. The van der Waals surface area contributed by atoms with Crippen molar-refractivity contribution in [2.24, 2.45) is 5.92 Å². The number of hydrogen-bond acceptors (Lipinski definition) is 9. The number of ether oxygens (including phenoxy) is 1. The fourth-order valence-corrected chi connectivity index (χ4v) is 6.79. The van der Waals surface area contributed by atoms with Gasteiger partial charge >= 0.3 is 13.7 Å². The lowest BCUT2D eigenvalue weighted by atomic mass is 10.1. The summed E-state index contributed by atoms with van der Waals surface area (Å²) in [5.74, 6) is -0.595. The zero-order chi connectivity index (χ0) is 27.6. The number of fused-ring (bicyclic) bond motifs is 1. The first-order chi connectivity index (χ1) is 18.0. The van der Waals surface area contributed by atoms with Crippen molar-refractivity contribution in [1.29, 1.82) is 0 Å². The lowest BCUT2D eigenvalue weighted by Crippen LogP contribution is -2.42. The van der Waals surface area contributed by atoms with E-state index in [1.54, 1.807) is 44.4 Å². The Morgan fingerprint density at radius 3 is 2.61 bits per heavy atom. The molecule has 0 saturated heterocycles. The van der Waals surface area contributed by atoms with Crippen LogP contribution in [-0.2, 0) is 13.9 Å². The maximum absolute atomic E-state index is 14.2. The number of halogens is 1. The number of aliphatic carboxylic acids is 1. The first kappa shape index (κ1) is 28.0. The van der Waals surface area contributed by atoms with Crippen molar-refractivity contribution in [2.45, 2.75) is 45.3 Å². The number of allylic oxidation sites excluding steroid dienone is 1. The van der Waals surface area contributed by atoms with E-state index in [4.69, 9.17) is 19.5 Å². The molecule has 0 bridgehead atoms. The number of hydrogen-bond donors (Lipinski definition) is 2. The summed E-state index contributed by atoms with van der Waals surface area (Å²) in [6.45, 7) is 5.00. The average Bonchev–Trinajstić information content (AvgIpc) is 3.50. The van der Waals surface area contributed by atoms with E-state index in [0.717, 1.165) is 4.47 Å². The Balaban J connectivity index is 1.55. The molecule has 2 aromatic heterocycles. The molecular weight excluding hydrogens is 579 g/mol. The number of aromatic nitrogens is 4. The summed E-state index contributed by atoms with van der Waals surface area (Å²) in [6, 6.07) is 5.10. The number of carbonyl (C=O) groups is 1. The molecule has 2 heterocycles. The summed E-state index contributed by atoms with van der Waals surface area (Å²) < 4.78 is 35.4. The zero-order valence-corrected chi connectivity index (χ0v) is 23.9. The van der Waals surface area contributed by atoms with Crippen LogP contribution in [0.25, 0.3) is 11.2 Å². The van der Waals surface area contributed by atoms with Gasteiger partial charge in [-0.05, 0) is 51.5 Å². The van der Waals surface area contributed by atoms with Gasteiger partial charge in [-0.1, -0.05) is 28.1 Å². The number of imidazole rings is 1. The monoisotopic (exact) mass is 608 g/mol. The first-order valence-electron chi connectivity index (χ1n) is 12.0. The van der Waals surface area contributed by atoms with E-state index in [9.17, 15) is 14.5 Å². The number of carboxylic acid groups (broad SMARTS) is 1. The molecule has 0 fully saturated rings. The van der Waals surface area contributed by atoms with Crippen LogP contribution in [0.4, 0.5) is 5.95 Å². The molecule has 38 heavy (non-hydrogen) atoms. The van der Waals surface area contributed by atoms with Crippen LogP contribution >= 0.6 is 23.7 Å². The lowest BCUT2D eigenvalue weighted by Gasteiger charge is -2.35. The minimum absolute atomic E-state index is 0.0451. The molecule has 0 spiro atoms. The molecule has 0 radical (unpaired) electrons. The molecule has 0 amide bonds. The Kier molecular flexibility index (Phi) is 8.41. The highest BCUT2D eigenvalue weighted by Crippen LogP contribution is 2.55. The maximum Gasteiger partial charge on any atom is 0.462 e. The summed E-state index contributed by atoms with van der Waals surface area (Å²) in [7, 11) is -2.60. The molecule has 4 atom stereocenters. The van der Waals surface area contributed by atoms with Gasteiger partial charge < -0.3 is 24.7 Å². The summed E-state index contributed by atoms with van der Waals surface area (Å²) >= 11 is 3.36. The molecule has 1 aromatic carbocycles. The number of methoxy groups -OCH3 is 1. The van der Waals surface area contributed by atoms with Crippen LogP contribution in [0.2, 0.25) is 0 Å². The highest BCUT2D eigenvalue weighted by Gasteiger charge is 2.44. The van der Waals surface area contributed by atoms with Gasteiger partial charge in [0.25, 0.3) is 0 Å². The number of nitrogens with two attached hydrogens (primary N) is 1. The Morgan fingerprint density at radius 2 is 1.97 bits per heavy atom. The van der Waals surface area contributed by atoms with E-state index < -0.39 is 25.8 Å². The quantitative estimate of drug-likeness (QED) is 0.230. The third kappa shape index (κ3) is 5.85. The van der Waals surface area contributed by atoms with E-state index in [1.807, 2.05) is 16.7 Å². The summed E-state index contributed by atoms with van der Waals surface area (Å²) in [5.41, 5.74) is 6.88. The highest BCUT2D eigenvalue weighted by molar-refractivity contribution is 9.10. The van der Waals surface area contributed by atoms with Crippen LogP contribution in [-0.4, -0.2) is 61.1 Å². The summed E-state index contributed by atoms with van der Waals surface area (Å²) in [5, 5.41) is 9.70. The van der Waals surface area contributed by atoms with Crippen molar-refractivity contribution >= 4 is 46.8 Å². The average molecular weight is 609 g/mol. The van der Waals surface area contributed by atoms with Gasteiger partial charge in [-0.25, -0.2) is 9.55 Å². The largest absolute Gasteiger partial charge is 0.480 e. The molecule has 1 aliphatic carbocycles. The Bertz CT molecular complexity index is 1380. The molecule has 0 saturated carbocycles. The number of nitrogens with zero attached hydrogens (tertiary/aromatic N) is 5. The van der Waals surface area contributed by atoms with Crippen LogP contribution in [0.1, 0.15) is 33.2 Å². The van der Waals surface area contributed by atoms with Crippen molar-refractivity contribution in [3.63, 3.8) is 0 Å². The van der Waals surface area contributed by atoms with Crippen LogP contribution in [0.3, 0.4) is 0 Å². The zero-order valence-electron chi connectivity index (χ0n) is 21.4. The number of carboxylic acids is 1. The standard InChI is InChI=1S/C24H30BrN6O6P/c1-14(2)31(15(3)23(32)33)38(34,37-19-9-6-17(25)7-10-19)36-12-16-5-8-18(11-16)30-13-27-20-21(30)28-24(26)29-22(20)35-4/h5-10,13-16,18H,11-12H2,1-4H3,(H,32,33)(H2,26,28,29)/t15-,16+,18-,38?/m0/s1. The van der Waals surface area contributed by atoms with E-state index in [0.29, 0.717) is 29.2 Å². The molecule has 3 aromatic rings. The Labute approximate surface area is 228 Å². The molecule has 0 aliphatic heterocycles. The number of anilines is 1. The molecule has 3 N–H and O–H groups in total. The molecule has 1 unspecified atom stereocenters. The predicted octanol–water partition coefficient (Wildman–Crippen LogP) is 4.68.